The predicted octanol–water partition coefficient (Wildman–Crippen LogP) is 11.1. The molecule has 5 heterocycles. The molecule has 5 heteroatoms. The van der Waals surface area contributed by atoms with Gasteiger partial charge in [-0.05, 0) is 78.5 Å². The predicted molar refractivity (Wildman–Crippen MR) is 193 cm³/mol. The van der Waals surface area contributed by atoms with Crippen molar-refractivity contribution in [2.45, 2.75) is 20.8 Å². The molecule has 0 saturated heterocycles. The van der Waals surface area contributed by atoms with Crippen molar-refractivity contribution in [1.82, 2.24) is 14.4 Å². The first kappa shape index (κ1) is 30.0. The molecule has 5 aromatic carbocycles. The maximum Gasteiger partial charge on any atom is 0.159 e. The van der Waals surface area contributed by atoms with Crippen LogP contribution in [-0.4, -0.2) is 14.4 Å². The number of aryl methyl sites for hydroxylation is 3. The van der Waals surface area contributed by atoms with Crippen LogP contribution in [0.4, 0.5) is 0 Å². The molecule has 0 spiro atoms. The van der Waals surface area contributed by atoms with E-state index >= 15 is 0 Å². The fraction of sp³-hybridized carbons (Fsp3) is 0.0698. The van der Waals surface area contributed by atoms with Crippen molar-refractivity contribution in [2.24, 2.45) is 0 Å². The summed E-state index contributed by atoms with van der Waals surface area (Å²) in [6.07, 6.45) is 3.74. The maximum atomic E-state index is 6.48. The smallest absolute Gasteiger partial charge is 0.159 e. The van der Waals surface area contributed by atoms with Crippen LogP contribution in [0.3, 0.4) is 0 Å². The number of rotatable bonds is 2. The van der Waals surface area contributed by atoms with Crippen molar-refractivity contribution in [3.63, 3.8) is 0 Å². The van der Waals surface area contributed by atoms with Crippen molar-refractivity contribution in [2.75, 3.05) is 0 Å². The van der Waals surface area contributed by atoms with Gasteiger partial charge in [0.1, 0.15) is 5.58 Å². The Balaban J connectivity index is 0.000000220. The van der Waals surface area contributed by atoms with Gasteiger partial charge in [0.25, 0.3) is 0 Å². The summed E-state index contributed by atoms with van der Waals surface area (Å²) in [5, 5.41) is 7.27. The van der Waals surface area contributed by atoms with Gasteiger partial charge in [0.15, 0.2) is 5.58 Å². The van der Waals surface area contributed by atoms with E-state index < -0.39 is 0 Å². The Hall–Kier alpha value is -5.35. The molecule has 0 aliphatic carbocycles. The molecule has 48 heavy (non-hydrogen) atoms. The van der Waals surface area contributed by atoms with Crippen LogP contribution in [0.15, 0.2) is 126 Å². The number of fused-ring (bicyclic) bond motifs is 10. The van der Waals surface area contributed by atoms with E-state index in [9.17, 15) is 0 Å². The summed E-state index contributed by atoms with van der Waals surface area (Å²) in [5.41, 5.74) is 13.1. The van der Waals surface area contributed by atoms with Crippen molar-refractivity contribution in [3.8, 4) is 22.5 Å². The van der Waals surface area contributed by atoms with Crippen molar-refractivity contribution in [1.29, 1.82) is 0 Å². The van der Waals surface area contributed by atoms with Gasteiger partial charge >= 0.3 is 0 Å². The molecule has 0 amide bonds. The fourth-order valence-electron chi connectivity index (χ4n) is 6.88. The first-order valence-corrected chi connectivity index (χ1v) is 15.8. The van der Waals surface area contributed by atoms with Gasteiger partial charge in [-0.1, -0.05) is 59.5 Å². The van der Waals surface area contributed by atoms with Crippen LogP contribution in [0.1, 0.15) is 16.7 Å². The summed E-state index contributed by atoms with van der Waals surface area (Å²) >= 11 is 0. The average molecular weight is 796 g/mol. The van der Waals surface area contributed by atoms with Crippen LogP contribution in [0.25, 0.3) is 82.5 Å². The molecular weight excluding hydrogens is 767 g/mol. The number of hydrogen-bond donors (Lipinski definition) is 0. The zero-order valence-electron chi connectivity index (χ0n) is 26.6. The Kier molecular flexibility index (Phi) is 7.32. The minimum atomic E-state index is 0. The molecule has 1 radical (unpaired) electrons. The van der Waals surface area contributed by atoms with Crippen LogP contribution in [0.5, 0.6) is 0 Å². The Labute approximate surface area is 291 Å². The molecule has 4 nitrogen and oxygen atoms in total. The fourth-order valence-corrected chi connectivity index (χ4v) is 6.88. The third-order valence-electron chi connectivity index (χ3n) is 9.27. The molecule has 0 atom stereocenters. The first-order valence-electron chi connectivity index (χ1n) is 15.8. The monoisotopic (exact) mass is 796 g/mol. The van der Waals surface area contributed by atoms with Gasteiger partial charge in [-0.15, -0.1) is 59.7 Å². The van der Waals surface area contributed by atoms with E-state index in [2.05, 4.69) is 96.9 Å². The third kappa shape index (κ3) is 4.70. The molecule has 0 bridgehead atoms. The average Bonchev–Trinajstić information content (AvgIpc) is 3.76. The number of hydrogen-bond acceptors (Lipinski definition) is 3. The second kappa shape index (κ2) is 11.7. The van der Waals surface area contributed by atoms with E-state index in [4.69, 9.17) is 9.40 Å². The van der Waals surface area contributed by atoms with Crippen LogP contribution < -0.4 is 0 Å². The van der Waals surface area contributed by atoms with Gasteiger partial charge in [-0.25, -0.2) is 0 Å². The summed E-state index contributed by atoms with van der Waals surface area (Å²) in [4.78, 5) is 8.92. The quantitative estimate of drug-likeness (QED) is 0.164. The number of furan rings is 1. The van der Waals surface area contributed by atoms with Crippen molar-refractivity contribution >= 4 is 60.0 Å². The first-order chi connectivity index (χ1) is 23.0. The maximum absolute atomic E-state index is 6.48. The van der Waals surface area contributed by atoms with Gasteiger partial charge in [-0.3, -0.25) is 0 Å². The SMILES string of the molecule is Cc1cc2c3cc(-c4cc(C)c(C)cn4)[c-]cc3n3c2c(c1)c1ccc2c4ccccc4oc2c13.[Ir].[c-]1ccccc1-c1ccccn1. The van der Waals surface area contributed by atoms with Crippen LogP contribution in [-0.2, 0) is 20.1 Å². The zero-order valence-corrected chi connectivity index (χ0v) is 29.0. The summed E-state index contributed by atoms with van der Waals surface area (Å²) in [7, 11) is 0. The van der Waals surface area contributed by atoms with E-state index in [1.54, 1.807) is 6.20 Å². The molecule has 10 rings (SSSR count). The Morgan fingerprint density at radius 3 is 2.19 bits per heavy atom. The molecule has 0 aliphatic heterocycles. The normalized spacial score (nSPS) is 11.5. The molecule has 0 unspecified atom stereocenters. The van der Waals surface area contributed by atoms with Gasteiger partial charge in [0.05, 0.1) is 11.0 Å². The van der Waals surface area contributed by atoms with Gasteiger partial charge in [-0.2, -0.15) is 0 Å². The summed E-state index contributed by atoms with van der Waals surface area (Å²) < 4.78 is 8.87. The number of para-hydroxylation sites is 1. The second-order valence-corrected chi connectivity index (χ2v) is 12.3. The van der Waals surface area contributed by atoms with E-state index in [-0.39, 0.29) is 20.1 Å². The number of pyridine rings is 2. The molecular formula is C43H29IrN3O-2. The summed E-state index contributed by atoms with van der Waals surface area (Å²) in [5.74, 6) is 0. The number of nitrogens with zero attached hydrogens (tertiary/aromatic N) is 3. The molecule has 0 fully saturated rings. The van der Waals surface area contributed by atoms with Gasteiger partial charge in [0, 0.05) is 54.0 Å². The van der Waals surface area contributed by atoms with Crippen molar-refractivity contribution in [3.05, 3.63) is 150 Å². The zero-order chi connectivity index (χ0) is 31.6. The summed E-state index contributed by atoms with van der Waals surface area (Å²) in [6, 6.07) is 44.2. The standard InChI is InChI=1S/C32H21N2O.C11H8N.Ir/c1-17-12-25-22-9-10-23-21-6-4-5-7-29(21)35-32(23)31(22)34-28-11-8-20(15-24(28)26(13-17)30(25)34)27-14-18(2)19(3)16-33-27;1-2-6-10(7-3-1)11-8-4-5-9-12-11;/h4-7,9-16H,1-3H3;1-6,8-9H;/q2*-1;. The Morgan fingerprint density at radius 2 is 1.40 bits per heavy atom. The molecule has 5 aromatic heterocycles. The molecule has 0 saturated carbocycles. The van der Waals surface area contributed by atoms with Gasteiger partial charge in [0.2, 0.25) is 0 Å². The van der Waals surface area contributed by atoms with E-state index in [1.165, 1.54) is 43.8 Å². The molecule has 233 valence electrons. The Bertz CT molecular complexity index is 2730. The van der Waals surface area contributed by atoms with Crippen LogP contribution in [0.2, 0.25) is 0 Å². The van der Waals surface area contributed by atoms with E-state index in [1.807, 2.05) is 60.8 Å². The van der Waals surface area contributed by atoms with Crippen LogP contribution >= 0.6 is 0 Å². The largest absolute Gasteiger partial charge is 0.454 e. The topological polar surface area (TPSA) is 43.3 Å². The van der Waals surface area contributed by atoms with Crippen LogP contribution in [0, 0.1) is 32.9 Å². The van der Waals surface area contributed by atoms with Gasteiger partial charge < -0.3 is 18.8 Å². The Morgan fingerprint density at radius 1 is 0.604 bits per heavy atom. The molecule has 0 aliphatic rings. The number of benzene rings is 5. The molecule has 10 aromatic rings. The van der Waals surface area contributed by atoms with Crippen molar-refractivity contribution < 1.29 is 24.5 Å². The minimum Gasteiger partial charge on any atom is -0.454 e. The third-order valence-corrected chi connectivity index (χ3v) is 9.27. The van der Waals surface area contributed by atoms with E-state index in [0.717, 1.165) is 55.5 Å². The second-order valence-electron chi connectivity index (χ2n) is 12.3. The molecule has 0 N–H and O–H groups in total. The minimum absolute atomic E-state index is 0. The summed E-state index contributed by atoms with van der Waals surface area (Å²) in [6.45, 7) is 6.41. The number of aromatic nitrogens is 3. The van der Waals surface area contributed by atoms with E-state index in [0.29, 0.717) is 0 Å².